The normalized spacial score (nSPS) is 11.5. The summed E-state index contributed by atoms with van der Waals surface area (Å²) in [6.07, 6.45) is 5.81. The highest BCUT2D eigenvalue weighted by molar-refractivity contribution is 7.89. The Hall–Kier alpha value is -3.35. The number of amides is 1. The quantitative estimate of drug-likeness (QED) is 0.299. The molecule has 170 valence electrons. The molecule has 0 unspecified atom stereocenters. The molecule has 0 radical (unpaired) electrons. The van der Waals surface area contributed by atoms with Gasteiger partial charge in [-0.1, -0.05) is 32.3 Å². The van der Waals surface area contributed by atoms with Crippen LogP contribution in [-0.4, -0.2) is 28.0 Å². The highest BCUT2D eigenvalue weighted by atomic mass is 32.2. The maximum atomic E-state index is 12.5. The number of nitrogens with one attached hydrogen (secondary N) is 1. The Morgan fingerprint density at radius 1 is 1.12 bits per heavy atom. The van der Waals surface area contributed by atoms with Gasteiger partial charge in [-0.3, -0.25) is 4.79 Å². The number of unbranched alkanes of at least 4 members (excludes halogenated alkanes) is 3. The second-order valence-electron chi connectivity index (χ2n) is 7.01. The van der Waals surface area contributed by atoms with Crippen molar-refractivity contribution in [1.82, 2.24) is 0 Å². The number of anilines is 1. The van der Waals surface area contributed by atoms with E-state index in [2.05, 4.69) is 12.2 Å². The first-order valence-electron chi connectivity index (χ1n) is 10.1. The molecule has 0 atom stereocenters. The molecule has 8 nitrogen and oxygen atoms in total. The van der Waals surface area contributed by atoms with Gasteiger partial charge in [0.25, 0.3) is 5.91 Å². The van der Waals surface area contributed by atoms with Gasteiger partial charge in [0, 0.05) is 5.69 Å². The Labute approximate surface area is 188 Å². The lowest BCUT2D eigenvalue weighted by molar-refractivity contribution is -0.112. The number of primary sulfonamides is 1. The van der Waals surface area contributed by atoms with E-state index >= 15 is 0 Å². The van der Waals surface area contributed by atoms with Crippen molar-refractivity contribution < 1.29 is 22.7 Å². The van der Waals surface area contributed by atoms with Crippen LogP contribution in [0.4, 0.5) is 5.69 Å². The van der Waals surface area contributed by atoms with Crippen molar-refractivity contribution >= 4 is 27.7 Å². The SMILES string of the molecule is CCCCCCOc1ccc(C=C(C#N)C(=O)Nc2ccc(S(N)(=O)=O)cc2)cc1OC. The van der Waals surface area contributed by atoms with Gasteiger partial charge in [-0.15, -0.1) is 0 Å². The zero-order chi connectivity index (χ0) is 23.6. The second kappa shape index (κ2) is 11.9. The number of methoxy groups -OCH3 is 1. The van der Waals surface area contributed by atoms with Crippen molar-refractivity contribution in [2.45, 2.75) is 37.5 Å². The molecule has 0 saturated carbocycles. The van der Waals surface area contributed by atoms with E-state index < -0.39 is 15.9 Å². The lowest BCUT2D eigenvalue weighted by Crippen LogP contribution is -2.14. The van der Waals surface area contributed by atoms with Gasteiger partial charge in [0.1, 0.15) is 11.6 Å². The number of sulfonamides is 1. The third-order valence-corrected chi connectivity index (χ3v) is 5.49. The average Bonchev–Trinajstić information content (AvgIpc) is 2.77. The van der Waals surface area contributed by atoms with Crippen molar-refractivity contribution in [2.24, 2.45) is 5.14 Å². The minimum Gasteiger partial charge on any atom is -0.493 e. The minimum absolute atomic E-state index is 0.0775. The summed E-state index contributed by atoms with van der Waals surface area (Å²) in [7, 11) is -2.31. The van der Waals surface area contributed by atoms with Crippen LogP contribution < -0.4 is 19.9 Å². The lowest BCUT2D eigenvalue weighted by Gasteiger charge is -2.11. The number of carbonyl (C=O) groups is 1. The smallest absolute Gasteiger partial charge is 0.266 e. The molecule has 3 N–H and O–H groups in total. The fraction of sp³-hybridized carbons (Fsp3) is 0.304. The summed E-state index contributed by atoms with van der Waals surface area (Å²) >= 11 is 0. The van der Waals surface area contributed by atoms with Gasteiger partial charge in [-0.2, -0.15) is 5.26 Å². The van der Waals surface area contributed by atoms with Crippen molar-refractivity contribution in [1.29, 1.82) is 5.26 Å². The van der Waals surface area contributed by atoms with E-state index in [0.29, 0.717) is 29.4 Å². The fourth-order valence-electron chi connectivity index (χ4n) is 2.85. The fourth-order valence-corrected chi connectivity index (χ4v) is 3.36. The van der Waals surface area contributed by atoms with Crippen molar-refractivity contribution in [3.8, 4) is 17.6 Å². The maximum Gasteiger partial charge on any atom is 0.266 e. The molecule has 1 amide bonds. The second-order valence-corrected chi connectivity index (χ2v) is 8.57. The van der Waals surface area contributed by atoms with Crippen LogP contribution in [0.5, 0.6) is 11.5 Å². The number of carbonyl (C=O) groups excluding carboxylic acids is 1. The number of ether oxygens (including phenoxy) is 2. The van der Waals surface area contributed by atoms with Crippen LogP contribution in [0.1, 0.15) is 38.2 Å². The predicted molar refractivity (Wildman–Crippen MR) is 123 cm³/mol. The van der Waals surface area contributed by atoms with Gasteiger partial charge in [0.05, 0.1) is 18.6 Å². The van der Waals surface area contributed by atoms with E-state index in [9.17, 15) is 18.5 Å². The topological polar surface area (TPSA) is 132 Å². The molecule has 0 spiro atoms. The summed E-state index contributed by atoms with van der Waals surface area (Å²) in [4.78, 5) is 12.4. The molecule has 32 heavy (non-hydrogen) atoms. The van der Waals surface area contributed by atoms with E-state index in [1.54, 1.807) is 18.2 Å². The van der Waals surface area contributed by atoms with Crippen molar-refractivity contribution in [2.75, 3.05) is 19.0 Å². The van der Waals surface area contributed by atoms with Gasteiger partial charge in [0.2, 0.25) is 10.0 Å². The Morgan fingerprint density at radius 3 is 2.44 bits per heavy atom. The molecule has 0 aliphatic heterocycles. The molecule has 0 aromatic heterocycles. The molecule has 9 heteroatoms. The molecule has 2 aromatic rings. The first-order chi connectivity index (χ1) is 15.3. The van der Waals surface area contributed by atoms with E-state index in [4.69, 9.17) is 14.6 Å². The van der Waals surface area contributed by atoms with Gasteiger partial charge in [-0.05, 0) is 54.5 Å². The van der Waals surface area contributed by atoms with Gasteiger partial charge < -0.3 is 14.8 Å². The number of hydrogen-bond acceptors (Lipinski definition) is 6. The Balaban J connectivity index is 2.11. The predicted octanol–water partition coefficient (Wildman–Crippen LogP) is 3.85. The van der Waals surface area contributed by atoms with E-state index in [1.165, 1.54) is 43.9 Å². The third kappa shape index (κ3) is 7.41. The highest BCUT2D eigenvalue weighted by Crippen LogP contribution is 2.29. The van der Waals surface area contributed by atoms with Crippen LogP contribution in [0.2, 0.25) is 0 Å². The molecule has 0 aliphatic carbocycles. The molecule has 0 bridgehead atoms. The number of benzene rings is 2. The summed E-state index contributed by atoms with van der Waals surface area (Å²) in [5, 5.41) is 17.0. The zero-order valence-corrected chi connectivity index (χ0v) is 18.9. The summed E-state index contributed by atoms with van der Waals surface area (Å²) < 4.78 is 33.8. The van der Waals surface area contributed by atoms with Crippen LogP contribution in [0.15, 0.2) is 52.9 Å². The summed E-state index contributed by atoms with van der Waals surface area (Å²) in [6, 6.07) is 12.4. The number of nitrogens with zero attached hydrogens (tertiary/aromatic N) is 1. The molecular formula is C23H27N3O5S. The molecule has 2 rings (SSSR count). The highest BCUT2D eigenvalue weighted by Gasteiger charge is 2.12. The molecular weight excluding hydrogens is 430 g/mol. The first kappa shape index (κ1) is 24.9. The Morgan fingerprint density at radius 2 is 1.84 bits per heavy atom. The zero-order valence-electron chi connectivity index (χ0n) is 18.1. The van der Waals surface area contributed by atoms with Crippen LogP contribution >= 0.6 is 0 Å². The Kier molecular flexibility index (Phi) is 9.25. The summed E-state index contributed by atoms with van der Waals surface area (Å²) in [5.74, 6) is 0.468. The van der Waals surface area contributed by atoms with Crippen LogP contribution in [-0.2, 0) is 14.8 Å². The lowest BCUT2D eigenvalue weighted by atomic mass is 10.1. The minimum atomic E-state index is -3.83. The van der Waals surface area contributed by atoms with Crippen LogP contribution in [0.25, 0.3) is 6.08 Å². The summed E-state index contributed by atoms with van der Waals surface area (Å²) in [6.45, 7) is 2.73. The van der Waals surface area contributed by atoms with Crippen molar-refractivity contribution in [3.05, 3.63) is 53.6 Å². The molecule has 0 fully saturated rings. The molecule has 0 heterocycles. The first-order valence-corrected chi connectivity index (χ1v) is 11.7. The van der Waals surface area contributed by atoms with E-state index in [-0.39, 0.29) is 10.5 Å². The van der Waals surface area contributed by atoms with Crippen LogP contribution in [0, 0.1) is 11.3 Å². The molecule has 0 aliphatic rings. The molecule has 0 saturated heterocycles. The largest absolute Gasteiger partial charge is 0.493 e. The molecule has 2 aromatic carbocycles. The van der Waals surface area contributed by atoms with Crippen molar-refractivity contribution in [3.63, 3.8) is 0 Å². The monoisotopic (exact) mass is 457 g/mol. The Bertz CT molecular complexity index is 1100. The average molecular weight is 458 g/mol. The number of rotatable bonds is 11. The van der Waals surface area contributed by atoms with Gasteiger partial charge in [0.15, 0.2) is 11.5 Å². The number of hydrogen-bond donors (Lipinski definition) is 2. The maximum absolute atomic E-state index is 12.5. The van der Waals surface area contributed by atoms with E-state index in [1.807, 2.05) is 6.07 Å². The van der Waals surface area contributed by atoms with Gasteiger partial charge >= 0.3 is 0 Å². The van der Waals surface area contributed by atoms with Gasteiger partial charge in [-0.25, -0.2) is 13.6 Å². The standard InChI is InChI=1S/C23H27N3O5S/c1-3-4-5-6-13-31-21-12-7-17(15-22(21)30-2)14-18(16-24)23(27)26-19-8-10-20(11-9-19)32(25,28)29/h7-12,14-15H,3-6,13H2,1-2H3,(H,26,27)(H2,25,28,29). The summed E-state index contributed by atoms with van der Waals surface area (Å²) in [5.41, 5.74) is 0.792. The van der Waals surface area contributed by atoms with Crippen LogP contribution in [0.3, 0.4) is 0 Å². The number of nitriles is 1. The number of nitrogens with two attached hydrogens (primary N) is 1. The third-order valence-electron chi connectivity index (χ3n) is 4.56. The van der Waals surface area contributed by atoms with E-state index in [0.717, 1.165) is 19.3 Å².